The average molecular weight is 188 g/mol. The highest BCUT2D eigenvalue weighted by atomic mass is 35.5. The second kappa shape index (κ2) is 2.98. The van der Waals surface area contributed by atoms with Gasteiger partial charge in [-0.15, -0.1) is 0 Å². The maximum atomic E-state index is 12.7. The highest BCUT2D eigenvalue weighted by Crippen LogP contribution is 2.20. The summed E-state index contributed by atoms with van der Waals surface area (Å²) in [7, 11) is 0. The van der Waals surface area contributed by atoms with E-state index in [1.54, 1.807) is 0 Å². The number of benzene rings is 1. The molecule has 0 aliphatic heterocycles. The maximum Gasteiger partial charge on any atom is 0.148 e. The molecule has 0 spiro atoms. The third-order valence-electron chi connectivity index (χ3n) is 1.41. The van der Waals surface area contributed by atoms with Gasteiger partial charge in [0, 0.05) is 11.3 Å². The van der Waals surface area contributed by atoms with Crippen LogP contribution in [0.5, 0.6) is 0 Å². The van der Waals surface area contributed by atoms with Gasteiger partial charge in [0.05, 0.1) is 5.69 Å². The zero-order valence-electron chi connectivity index (χ0n) is 6.07. The first-order valence-corrected chi connectivity index (χ1v) is 3.49. The molecule has 1 aromatic carbocycles. The van der Waals surface area contributed by atoms with E-state index in [2.05, 4.69) is 0 Å². The van der Waals surface area contributed by atoms with Crippen molar-refractivity contribution in [1.29, 1.82) is 5.41 Å². The third-order valence-corrected chi connectivity index (χ3v) is 1.61. The molecule has 0 fully saturated rings. The Balaban J connectivity index is 3.33. The molecule has 64 valence electrons. The van der Waals surface area contributed by atoms with Crippen molar-refractivity contribution in [3.63, 3.8) is 0 Å². The van der Waals surface area contributed by atoms with Crippen LogP contribution in [0.1, 0.15) is 5.56 Å². The molecule has 0 atom stereocenters. The van der Waals surface area contributed by atoms with Crippen LogP contribution in [-0.4, -0.2) is 5.17 Å². The zero-order valence-corrected chi connectivity index (χ0v) is 6.82. The van der Waals surface area contributed by atoms with E-state index in [0.29, 0.717) is 0 Å². The average Bonchev–Trinajstić information content (AvgIpc) is 1.96. The van der Waals surface area contributed by atoms with Gasteiger partial charge in [-0.3, -0.25) is 5.41 Å². The number of hydrogen-bond donors (Lipinski definition) is 3. The van der Waals surface area contributed by atoms with Gasteiger partial charge in [0.1, 0.15) is 11.0 Å². The second-order valence-electron chi connectivity index (χ2n) is 2.27. The van der Waals surface area contributed by atoms with Crippen molar-refractivity contribution >= 4 is 28.1 Å². The molecule has 0 bridgehead atoms. The van der Waals surface area contributed by atoms with Crippen LogP contribution in [-0.2, 0) is 0 Å². The molecule has 5 heteroatoms. The highest BCUT2D eigenvalue weighted by Gasteiger charge is 2.07. The van der Waals surface area contributed by atoms with Crippen LogP contribution in [0.2, 0.25) is 0 Å². The molecule has 0 radical (unpaired) electrons. The quantitative estimate of drug-likeness (QED) is 0.461. The van der Waals surface area contributed by atoms with Gasteiger partial charge in [0.25, 0.3) is 0 Å². The summed E-state index contributed by atoms with van der Waals surface area (Å²) in [5.41, 5.74) is 10.9. The van der Waals surface area contributed by atoms with Crippen LogP contribution in [0.15, 0.2) is 12.1 Å². The number of rotatable bonds is 1. The van der Waals surface area contributed by atoms with Gasteiger partial charge in [-0.25, -0.2) is 4.39 Å². The van der Waals surface area contributed by atoms with Gasteiger partial charge in [-0.1, -0.05) is 11.6 Å². The predicted molar refractivity (Wildman–Crippen MR) is 47.9 cm³/mol. The molecular weight excluding hydrogens is 181 g/mol. The number of nitrogens with two attached hydrogens (primary N) is 2. The van der Waals surface area contributed by atoms with Crippen molar-refractivity contribution in [2.24, 2.45) is 0 Å². The summed E-state index contributed by atoms with van der Waals surface area (Å²) >= 11 is 5.36. The molecule has 0 unspecified atom stereocenters. The Kier molecular flexibility index (Phi) is 2.19. The molecule has 0 saturated heterocycles. The Morgan fingerprint density at radius 1 is 1.33 bits per heavy atom. The van der Waals surface area contributed by atoms with E-state index in [1.807, 2.05) is 0 Å². The summed E-state index contributed by atoms with van der Waals surface area (Å²) in [4.78, 5) is 0. The fourth-order valence-corrected chi connectivity index (χ4v) is 0.959. The number of nitrogens with one attached hydrogen (secondary N) is 1. The van der Waals surface area contributed by atoms with Crippen molar-refractivity contribution in [2.75, 3.05) is 11.5 Å². The Morgan fingerprint density at radius 2 is 1.92 bits per heavy atom. The first-order chi connectivity index (χ1) is 5.52. The summed E-state index contributed by atoms with van der Waals surface area (Å²) < 4.78 is 12.7. The maximum absolute atomic E-state index is 12.7. The fraction of sp³-hybridized carbons (Fsp3) is 0. The molecule has 0 saturated carbocycles. The van der Waals surface area contributed by atoms with Crippen LogP contribution in [0.3, 0.4) is 0 Å². The fourth-order valence-electron chi connectivity index (χ4n) is 0.795. The molecule has 0 amide bonds. The standard InChI is InChI=1S/C7H7ClFN3/c8-7(12)3-1-6(11)4(9)2-5(3)10/h1-2,12H,10-11H2. The molecule has 1 aromatic rings. The van der Waals surface area contributed by atoms with Crippen molar-refractivity contribution in [1.82, 2.24) is 0 Å². The third kappa shape index (κ3) is 1.48. The van der Waals surface area contributed by atoms with E-state index in [9.17, 15) is 4.39 Å². The Labute approximate surface area is 73.6 Å². The number of halogens is 2. The lowest BCUT2D eigenvalue weighted by Crippen LogP contribution is -2.01. The number of anilines is 2. The summed E-state index contributed by atoms with van der Waals surface area (Å²) in [5, 5.41) is 6.80. The minimum absolute atomic E-state index is 0.0652. The van der Waals surface area contributed by atoms with Crippen LogP contribution in [0.25, 0.3) is 0 Å². The number of hydrogen-bond acceptors (Lipinski definition) is 3. The molecule has 0 aliphatic carbocycles. The summed E-state index contributed by atoms with van der Waals surface area (Å²) in [5.74, 6) is -0.603. The van der Waals surface area contributed by atoms with Crippen LogP contribution < -0.4 is 11.5 Å². The molecule has 1 rings (SSSR count). The summed E-state index contributed by atoms with van der Waals surface area (Å²) in [6, 6.07) is 2.28. The van der Waals surface area contributed by atoms with Crippen molar-refractivity contribution in [2.45, 2.75) is 0 Å². The Morgan fingerprint density at radius 3 is 2.42 bits per heavy atom. The Hall–Kier alpha value is -1.29. The van der Waals surface area contributed by atoms with Gasteiger partial charge in [0.2, 0.25) is 0 Å². The van der Waals surface area contributed by atoms with Crippen molar-refractivity contribution in [3.05, 3.63) is 23.5 Å². The van der Waals surface area contributed by atoms with E-state index in [0.717, 1.165) is 6.07 Å². The minimum Gasteiger partial charge on any atom is -0.398 e. The van der Waals surface area contributed by atoms with Crippen molar-refractivity contribution in [3.8, 4) is 0 Å². The normalized spacial score (nSPS) is 9.83. The van der Waals surface area contributed by atoms with Gasteiger partial charge < -0.3 is 11.5 Å². The smallest absolute Gasteiger partial charge is 0.148 e. The lowest BCUT2D eigenvalue weighted by molar-refractivity contribution is 0.633. The molecular formula is C7H7ClFN3. The largest absolute Gasteiger partial charge is 0.398 e. The lowest BCUT2D eigenvalue weighted by Gasteiger charge is -2.04. The lowest BCUT2D eigenvalue weighted by atomic mass is 10.1. The van der Waals surface area contributed by atoms with Crippen LogP contribution >= 0.6 is 11.6 Å². The van der Waals surface area contributed by atoms with E-state index in [1.165, 1.54) is 6.07 Å². The van der Waals surface area contributed by atoms with Crippen LogP contribution in [0, 0.1) is 11.2 Å². The summed E-state index contributed by atoms with van der Waals surface area (Å²) in [6.45, 7) is 0. The van der Waals surface area contributed by atoms with E-state index in [-0.39, 0.29) is 22.1 Å². The SMILES string of the molecule is N=C(Cl)c1cc(N)c(F)cc1N. The molecule has 5 N–H and O–H groups in total. The van der Waals surface area contributed by atoms with Crippen molar-refractivity contribution < 1.29 is 4.39 Å². The van der Waals surface area contributed by atoms with E-state index < -0.39 is 5.82 Å². The van der Waals surface area contributed by atoms with Gasteiger partial charge >= 0.3 is 0 Å². The zero-order chi connectivity index (χ0) is 9.30. The van der Waals surface area contributed by atoms with Gasteiger partial charge in [-0.05, 0) is 12.1 Å². The van der Waals surface area contributed by atoms with E-state index in [4.69, 9.17) is 28.5 Å². The molecule has 0 aromatic heterocycles. The molecule has 3 nitrogen and oxygen atoms in total. The highest BCUT2D eigenvalue weighted by molar-refractivity contribution is 6.69. The second-order valence-corrected chi connectivity index (χ2v) is 2.65. The monoisotopic (exact) mass is 187 g/mol. The molecule has 0 heterocycles. The Bertz CT molecular complexity index is 338. The first kappa shape index (κ1) is 8.80. The van der Waals surface area contributed by atoms with Crippen LogP contribution in [0.4, 0.5) is 15.8 Å². The number of nitrogen functional groups attached to an aromatic ring is 2. The predicted octanol–water partition coefficient (Wildman–Crippen LogP) is 1.55. The molecule has 0 aliphatic rings. The molecule has 12 heavy (non-hydrogen) atoms. The minimum atomic E-state index is -0.603. The van der Waals surface area contributed by atoms with Gasteiger partial charge in [0.15, 0.2) is 0 Å². The summed E-state index contributed by atoms with van der Waals surface area (Å²) in [6.07, 6.45) is 0. The van der Waals surface area contributed by atoms with E-state index >= 15 is 0 Å². The van der Waals surface area contributed by atoms with Gasteiger partial charge in [-0.2, -0.15) is 0 Å². The topological polar surface area (TPSA) is 75.9 Å². The first-order valence-electron chi connectivity index (χ1n) is 3.11.